The Kier molecular flexibility index (Phi) is 15.4. The summed E-state index contributed by atoms with van der Waals surface area (Å²) in [6, 6.07) is 9.98. The maximum Gasteiger partial charge on any atom is 0.132 e. The second-order valence-corrected chi connectivity index (χ2v) is 9.29. The summed E-state index contributed by atoms with van der Waals surface area (Å²) in [4.78, 5) is 11.2. The molecule has 0 radical (unpaired) electrons. The van der Waals surface area contributed by atoms with E-state index in [-0.39, 0.29) is 6.54 Å². The molecule has 172 valence electrons. The van der Waals surface area contributed by atoms with Crippen molar-refractivity contribution in [2.45, 2.75) is 110 Å². The van der Waals surface area contributed by atoms with Crippen LogP contribution in [-0.4, -0.2) is 26.1 Å². The summed E-state index contributed by atoms with van der Waals surface area (Å²) in [6.07, 6.45) is 21.7. The Labute approximate surface area is 186 Å². The highest BCUT2D eigenvalue weighted by Gasteiger charge is 2.24. The lowest BCUT2D eigenvalue weighted by Gasteiger charge is -2.34. The van der Waals surface area contributed by atoms with Gasteiger partial charge < -0.3 is 9.90 Å². The molecule has 0 bridgehead atoms. The number of likely N-dealkylation sites (N-methyl/N-ethyl adjacent to an activating group) is 1. The highest BCUT2D eigenvalue weighted by molar-refractivity contribution is 5.69. The summed E-state index contributed by atoms with van der Waals surface area (Å²) in [5.41, 5.74) is 1.06. The molecule has 1 unspecified atom stereocenters. The van der Waals surface area contributed by atoms with Gasteiger partial charge in [0.2, 0.25) is 0 Å². The second-order valence-electron chi connectivity index (χ2n) is 9.29. The van der Waals surface area contributed by atoms with Gasteiger partial charge >= 0.3 is 0 Å². The minimum absolute atomic E-state index is 0.0444. The highest BCUT2D eigenvalue weighted by Crippen LogP contribution is 2.22. The van der Waals surface area contributed by atoms with Gasteiger partial charge in [-0.1, -0.05) is 115 Å². The Balaban J connectivity index is 2.00. The summed E-state index contributed by atoms with van der Waals surface area (Å²) in [5.74, 6) is -0.974. The van der Waals surface area contributed by atoms with E-state index in [0.717, 1.165) is 18.7 Å². The van der Waals surface area contributed by atoms with Gasteiger partial charge in [-0.15, -0.1) is 0 Å². The first-order valence-corrected chi connectivity index (χ1v) is 12.7. The number of unbranched alkanes of at least 4 members (excludes halogenated alkanes) is 15. The summed E-state index contributed by atoms with van der Waals surface area (Å²) in [5, 5.41) is 11.2. The molecule has 0 aliphatic heterocycles. The van der Waals surface area contributed by atoms with Crippen LogP contribution in [0.2, 0.25) is 0 Å². The van der Waals surface area contributed by atoms with Crippen molar-refractivity contribution in [2.75, 3.05) is 20.1 Å². The van der Waals surface area contributed by atoms with Crippen LogP contribution in [0, 0.1) is 0 Å². The van der Waals surface area contributed by atoms with Crippen molar-refractivity contribution in [3.8, 4) is 0 Å². The average Bonchev–Trinajstić information content (AvgIpc) is 2.73. The maximum atomic E-state index is 11.2. The van der Waals surface area contributed by atoms with Crippen LogP contribution in [0.4, 0.5) is 5.69 Å². The van der Waals surface area contributed by atoms with Gasteiger partial charge in [0.05, 0.1) is 19.6 Å². The minimum Gasteiger partial charge on any atom is -0.544 e. The summed E-state index contributed by atoms with van der Waals surface area (Å²) in [6.45, 7) is 3.18. The summed E-state index contributed by atoms with van der Waals surface area (Å²) >= 11 is 0. The number of carbonyl (C=O) groups excluding carboxylic acids is 1. The topological polar surface area (TPSA) is 40.1 Å². The molecular formula is C27H47NO2. The molecule has 3 nitrogen and oxygen atoms in total. The fourth-order valence-corrected chi connectivity index (χ4v) is 4.38. The third-order valence-corrected chi connectivity index (χ3v) is 6.36. The molecule has 0 fully saturated rings. The molecule has 1 rings (SSSR count). The molecule has 0 saturated heterocycles. The lowest BCUT2D eigenvalue weighted by atomic mass is 10.0. The van der Waals surface area contributed by atoms with E-state index in [1.165, 1.54) is 96.3 Å². The van der Waals surface area contributed by atoms with Gasteiger partial charge in [0, 0.05) is 0 Å². The molecule has 0 heterocycles. The first-order valence-electron chi connectivity index (χ1n) is 12.7. The van der Waals surface area contributed by atoms with Crippen molar-refractivity contribution in [3.63, 3.8) is 0 Å². The number of hydrogen-bond donors (Lipinski definition) is 0. The van der Waals surface area contributed by atoms with Crippen LogP contribution < -0.4 is 9.59 Å². The SMILES string of the molecule is CCCCCCCCCCCCCCCCCC[N+](C)(CC(=O)[O-])c1ccccc1. The molecule has 0 N–H and O–H groups in total. The van der Waals surface area contributed by atoms with E-state index in [2.05, 4.69) is 6.92 Å². The molecule has 3 heteroatoms. The number of benzene rings is 1. The first-order chi connectivity index (χ1) is 14.6. The number of carboxylic acids is 1. The van der Waals surface area contributed by atoms with Gasteiger partial charge in [-0.3, -0.25) is 4.48 Å². The normalized spacial score (nSPS) is 13.3. The number of hydrogen-bond acceptors (Lipinski definition) is 2. The van der Waals surface area contributed by atoms with E-state index in [1.54, 1.807) is 0 Å². The molecule has 1 atom stereocenters. The summed E-state index contributed by atoms with van der Waals surface area (Å²) < 4.78 is 0.432. The van der Waals surface area contributed by atoms with Gasteiger partial charge in [0.15, 0.2) is 0 Å². The van der Waals surface area contributed by atoms with Crippen LogP contribution >= 0.6 is 0 Å². The van der Waals surface area contributed by atoms with Crippen molar-refractivity contribution in [3.05, 3.63) is 30.3 Å². The minimum atomic E-state index is -0.974. The highest BCUT2D eigenvalue weighted by atomic mass is 16.4. The number of carbonyl (C=O) groups is 1. The van der Waals surface area contributed by atoms with E-state index in [0.29, 0.717) is 4.48 Å². The third kappa shape index (κ3) is 13.1. The van der Waals surface area contributed by atoms with E-state index in [1.807, 2.05) is 37.4 Å². The van der Waals surface area contributed by atoms with E-state index < -0.39 is 5.97 Å². The fraction of sp³-hybridized carbons (Fsp3) is 0.741. The number of nitrogens with zero attached hydrogens (tertiary/aromatic N) is 1. The van der Waals surface area contributed by atoms with E-state index in [4.69, 9.17) is 0 Å². The number of quaternary nitrogens is 1. The molecule has 1 aromatic rings. The zero-order chi connectivity index (χ0) is 21.9. The van der Waals surface area contributed by atoms with Gasteiger partial charge in [-0.05, 0) is 25.0 Å². The maximum absolute atomic E-state index is 11.2. The van der Waals surface area contributed by atoms with Crippen molar-refractivity contribution < 1.29 is 9.90 Å². The monoisotopic (exact) mass is 417 g/mol. The molecule has 0 amide bonds. The predicted molar refractivity (Wildman–Crippen MR) is 128 cm³/mol. The Hall–Kier alpha value is -1.35. The Morgan fingerprint density at radius 1 is 0.700 bits per heavy atom. The molecule has 30 heavy (non-hydrogen) atoms. The van der Waals surface area contributed by atoms with Crippen molar-refractivity contribution in [2.24, 2.45) is 0 Å². The van der Waals surface area contributed by atoms with Crippen molar-refractivity contribution in [1.82, 2.24) is 4.48 Å². The largest absolute Gasteiger partial charge is 0.544 e. The lowest BCUT2D eigenvalue weighted by Crippen LogP contribution is -2.53. The van der Waals surface area contributed by atoms with E-state index in [9.17, 15) is 9.90 Å². The lowest BCUT2D eigenvalue weighted by molar-refractivity contribution is -0.305. The van der Waals surface area contributed by atoms with Crippen LogP contribution in [-0.2, 0) is 4.79 Å². The van der Waals surface area contributed by atoms with Crippen LogP contribution in [0.25, 0.3) is 0 Å². The Morgan fingerprint density at radius 2 is 1.10 bits per heavy atom. The van der Waals surface area contributed by atoms with Gasteiger partial charge in [0.25, 0.3) is 0 Å². The number of rotatable bonds is 20. The Bertz CT molecular complexity index is 531. The van der Waals surface area contributed by atoms with Crippen LogP contribution in [0.15, 0.2) is 30.3 Å². The predicted octanol–water partition coefficient (Wildman–Crippen LogP) is 6.64. The molecule has 0 aliphatic carbocycles. The van der Waals surface area contributed by atoms with E-state index >= 15 is 0 Å². The first kappa shape index (κ1) is 26.7. The standard InChI is InChI=1S/C27H47NO2/c1-3-4-5-6-7-8-9-10-11-12-13-14-15-16-17-21-24-28(2,25-27(29)30)26-22-19-18-20-23-26/h18-20,22-23H,3-17,21,24-25H2,1-2H3. The quantitative estimate of drug-likeness (QED) is 0.176. The van der Waals surface area contributed by atoms with Crippen LogP contribution in [0.5, 0.6) is 0 Å². The third-order valence-electron chi connectivity index (χ3n) is 6.36. The van der Waals surface area contributed by atoms with Gasteiger partial charge in [-0.2, -0.15) is 0 Å². The smallest absolute Gasteiger partial charge is 0.132 e. The Morgan fingerprint density at radius 3 is 1.50 bits per heavy atom. The molecular weight excluding hydrogens is 370 g/mol. The van der Waals surface area contributed by atoms with Gasteiger partial charge in [-0.25, -0.2) is 0 Å². The number of para-hydroxylation sites is 1. The zero-order valence-electron chi connectivity index (χ0n) is 19.9. The fourth-order valence-electron chi connectivity index (χ4n) is 4.38. The zero-order valence-corrected chi connectivity index (χ0v) is 19.9. The number of carboxylic acid groups (broad SMARTS) is 1. The van der Waals surface area contributed by atoms with Crippen LogP contribution in [0.3, 0.4) is 0 Å². The second kappa shape index (κ2) is 17.3. The summed E-state index contributed by atoms with van der Waals surface area (Å²) in [7, 11) is 2.01. The van der Waals surface area contributed by atoms with Crippen molar-refractivity contribution >= 4 is 11.7 Å². The van der Waals surface area contributed by atoms with Gasteiger partial charge in [0.1, 0.15) is 12.2 Å². The molecule has 0 aromatic heterocycles. The molecule has 0 saturated carbocycles. The number of aliphatic carboxylic acids is 1. The molecule has 0 aliphatic rings. The van der Waals surface area contributed by atoms with Crippen molar-refractivity contribution in [1.29, 1.82) is 0 Å². The molecule has 1 aromatic carbocycles. The van der Waals surface area contributed by atoms with Crippen LogP contribution in [0.1, 0.15) is 110 Å². The molecule has 0 spiro atoms. The average molecular weight is 418 g/mol.